The van der Waals surface area contributed by atoms with E-state index in [4.69, 9.17) is 4.74 Å². The standard InChI is InChI=1S/C15H16INO/c1-17-15(11-3-7-13(16)8-4-11)12-5-9-14(18-2)10-6-12/h3-10,15,17H,1-2H3. The molecule has 2 aromatic carbocycles. The fourth-order valence-corrected chi connectivity index (χ4v) is 2.34. The van der Waals surface area contributed by atoms with E-state index in [1.54, 1.807) is 7.11 Å². The van der Waals surface area contributed by atoms with Crippen LogP contribution in [0.4, 0.5) is 0 Å². The molecule has 0 heterocycles. The molecule has 2 nitrogen and oxygen atoms in total. The molecule has 3 heteroatoms. The lowest BCUT2D eigenvalue weighted by Crippen LogP contribution is -2.17. The number of nitrogens with one attached hydrogen (secondary N) is 1. The van der Waals surface area contributed by atoms with Gasteiger partial charge in [-0.1, -0.05) is 24.3 Å². The molecule has 0 aromatic heterocycles. The minimum Gasteiger partial charge on any atom is -0.497 e. The van der Waals surface area contributed by atoms with Gasteiger partial charge >= 0.3 is 0 Å². The molecule has 0 amide bonds. The Morgan fingerprint density at radius 2 is 1.44 bits per heavy atom. The molecule has 0 spiro atoms. The van der Waals surface area contributed by atoms with Crippen LogP contribution in [-0.4, -0.2) is 14.2 Å². The smallest absolute Gasteiger partial charge is 0.118 e. The Labute approximate surface area is 122 Å². The van der Waals surface area contributed by atoms with E-state index in [1.165, 1.54) is 14.7 Å². The zero-order valence-electron chi connectivity index (χ0n) is 10.5. The number of rotatable bonds is 4. The number of methoxy groups -OCH3 is 1. The van der Waals surface area contributed by atoms with Crippen molar-refractivity contribution in [1.82, 2.24) is 5.32 Å². The summed E-state index contributed by atoms with van der Waals surface area (Å²) in [5, 5.41) is 3.35. The molecule has 0 aliphatic carbocycles. The summed E-state index contributed by atoms with van der Waals surface area (Å²) in [6.07, 6.45) is 0. The molecule has 2 rings (SSSR count). The number of hydrogen-bond acceptors (Lipinski definition) is 2. The minimum absolute atomic E-state index is 0.216. The van der Waals surface area contributed by atoms with Crippen LogP contribution in [0.1, 0.15) is 17.2 Å². The van der Waals surface area contributed by atoms with Gasteiger partial charge in [0.2, 0.25) is 0 Å². The molecule has 18 heavy (non-hydrogen) atoms. The van der Waals surface area contributed by atoms with E-state index < -0.39 is 0 Å². The van der Waals surface area contributed by atoms with Crippen molar-refractivity contribution in [3.63, 3.8) is 0 Å². The van der Waals surface area contributed by atoms with Crippen LogP contribution in [0.15, 0.2) is 48.5 Å². The third-order valence-corrected chi connectivity index (χ3v) is 3.66. The Morgan fingerprint density at radius 3 is 1.89 bits per heavy atom. The van der Waals surface area contributed by atoms with E-state index in [0.717, 1.165) is 5.75 Å². The maximum absolute atomic E-state index is 5.18. The lowest BCUT2D eigenvalue weighted by molar-refractivity contribution is 0.414. The van der Waals surface area contributed by atoms with Crippen molar-refractivity contribution in [2.24, 2.45) is 0 Å². The van der Waals surface area contributed by atoms with Gasteiger partial charge in [-0.25, -0.2) is 0 Å². The van der Waals surface area contributed by atoms with Crippen molar-refractivity contribution >= 4 is 22.6 Å². The summed E-state index contributed by atoms with van der Waals surface area (Å²) in [5.41, 5.74) is 2.50. The first-order valence-electron chi connectivity index (χ1n) is 5.81. The van der Waals surface area contributed by atoms with Crippen LogP contribution in [-0.2, 0) is 0 Å². The quantitative estimate of drug-likeness (QED) is 0.848. The first-order chi connectivity index (χ1) is 8.74. The van der Waals surface area contributed by atoms with E-state index in [2.05, 4.69) is 64.3 Å². The van der Waals surface area contributed by atoms with E-state index in [-0.39, 0.29) is 6.04 Å². The molecule has 1 N–H and O–H groups in total. The number of hydrogen-bond donors (Lipinski definition) is 1. The molecular formula is C15H16INO. The van der Waals surface area contributed by atoms with Crippen LogP contribution >= 0.6 is 22.6 Å². The normalized spacial score (nSPS) is 12.2. The SMILES string of the molecule is CNC(c1ccc(I)cc1)c1ccc(OC)cc1. The van der Waals surface area contributed by atoms with E-state index in [1.807, 2.05) is 19.2 Å². The molecule has 0 bridgehead atoms. The molecule has 0 radical (unpaired) electrons. The van der Waals surface area contributed by atoms with Gasteiger partial charge in [-0.3, -0.25) is 0 Å². The summed E-state index contributed by atoms with van der Waals surface area (Å²) in [7, 11) is 3.66. The van der Waals surface area contributed by atoms with Gasteiger partial charge in [0.15, 0.2) is 0 Å². The average Bonchev–Trinajstić information content (AvgIpc) is 2.42. The molecule has 0 saturated heterocycles. The molecule has 0 fully saturated rings. The van der Waals surface area contributed by atoms with Crippen molar-refractivity contribution in [3.05, 3.63) is 63.2 Å². The lowest BCUT2D eigenvalue weighted by Gasteiger charge is -2.17. The second-order valence-corrected chi connectivity index (χ2v) is 5.29. The number of halogens is 1. The maximum Gasteiger partial charge on any atom is 0.118 e. The molecule has 1 atom stereocenters. The zero-order chi connectivity index (χ0) is 13.0. The van der Waals surface area contributed by atoms with E-state index in [9.17, 15) is 0 Å². The van der Waals surface area contributed by atoms with E-state index in [0.29, 0.717) is 0 Å². The predicted molar refractivity (Wildman–Crippen MR) is 83.1 cm³/mol. The molecule has 0 aliphatic rings. The Kier molecular flexibility index (Phi) is 4.60. The highest BCUT2D eigenvalue weighted by molar-refractivity contribution is 14.1. The van der Waals surface area contributed by atoms with Crippen LogP contribution in [0.25, 0.3) is 0 Å². The van der Waals surface area contributed by atoms with Gasteiger partial charge in [0.05, 0.1) is 13.2 Å². The summed E-state index contributed by atoms with van der Waals surface area (Å²) < 4.78 is 6.43. The fourth-order valence-electron chi connectivity index (χ4n) is 1.98. The van der Waals surface area contributed by atoms with Crippen molar-refractivity contribution in [2.75, 3.05) is 14.2 Å². The summed E-state index contributed by atoms with van der Waals surface area (Å²) in [4.78, 5) is 0. The van der Waals surface area contributed by atoms with Gasteiger partial charge < -0.3 is 10.1 Å². The van der Waals surface area contributed by atoms with Gasteiger partial charge in [-0.2, -0.15) is 0 Å². The van der Waals surface area contributed by atoms with Crippen LogP contribution in [0.3, 0.4) is 0 Å². The zero-order valence-corrected chi connectivity index (χ0v) is 12.6. The summed E-state index contributed by atoms with van der Waals surface area (Å²) >= 11 is 2.32. The van der Waals surface area contributed by atoms with Crippen molar-refractivity contribution in [2.45, 2.75) is 6.04 Å². The van der Waals surface area contributed by atoms with Gasteiger partial charge in [-0.15, -0.1) is 0 Å². The highest BCUT2D eigenvalue weighted by atomic mass is 127. The lowest BCUT2D eigenvalue weighted by atomic mass is 9.99. The minimum atomic E-state index is 0.216. The topological polar surface area (TPSA) is 21.3 Å². The fraction of sp³-hybridized carbons (Fsp3) is 0.200. The monoisotopic (exact) mass is 353 g/mol. The second kappa shape index (κ2) is 6.20. The summed E-state index contributed by atoms with van der Waals surface area (Å²) in [6, 6.07) is 17.0. The van der Waals surface area contributed by atoms with Crippen LogP contribution in [0.5, 0.6) is 5.75 Å². The summed E-state index contributed by atoms with van der Waals surface area (Å²) in [6.45, 7) is 0. The molecule has 2 aromatic rings. The van der Waals surface area contributed by atoms with Gasteiger partial charge in [0.1, 0.15) is 5.75 Å². The highest BCUT2D eigenvalue weighted by Crippen LogP contribution is 2.24. The number of ether oxygens (including phenoxy) is 1. The van der Waals surface area contributed by atoms with Crippen LogP contribution in [0, 0.1) is 3.57 Å². The first-order valence-corrected chi connectivity index (χ1v) is 6.89. The number of benzene rings is 2. The van der Waals surface area contributed by atoms with Crippen molar-refractivity contribution < 1.29 is 4.74 Å². The molecular weight excluding hydrogens is 337 g/mol. The predicted octanol–water partition coefficient (Wildman–Crippen LogP) is 3.61. The second-order valence-electron chi connectivity index (χ2n) is 4.05. The molecule has 0 aliphatic heterocycles. The third kappa shape index (κ3) is 3.03. The Balaban J connectivity index is 2.29. The first kappa shape index (κ1) is 13.4. The Hall–Kier alpha value is -1.07. The largest absolute Gasteiger partial charge is 0.497 e. The molecule has 0 saturated carbocycles. The van der Waals surface area contributed by atoms with Crippen LogP contribution < -0.4 is 10.1 Å². The Morgan fingerprint density at radius 1 is 0.944 bits per heavy atom. The van der Waals surface area contributed by atoms with E-state index >= 15 is 0 Å². The average molecular weight is 353 g/mol. The highest BCUT2D eigenvalue weighted by Gasteiger charge is 2.11. The summed E-state index contributed by atoms with van der Waals surface area (Å²) in [5.74, 6) is 0.885. The van der Waals surface area contributed by atoms with Gasteiger partial charge in [-0.05, 0) is 65.0 Å². The molecule has 1 unspecified atom stereocenters. The van der Waals surface area contributed by atoms with Crippen molar-refractivity contribution in [3.8, 4) is 5.75 Å². The maximum atomic E-state index is 5.18. The van der Waals surface area contributed by atoms with Crippen LogP contribution in [0.2, 0.25) is 0 Å². The van der Waals surface area contributed by atoms with Gasteiger partial charge in [0, 0.05) is 3.57 Å². The van der Waals surface area contributed by atoms with Gasteiger partial charge in [0.25, 0.3) is 0 Å². The van der Waals surface area contributed by atoms with Crippen molar-refractivity contribution in [1.29, 1.82) is 0 Å². The molecule has 94 valence electrons. The third-order valence-electron chi connectivity index (χ3n) is 2.94. The Bertz CT molecular complexity index is 493.